The maximum absolute atomic E-state index is 13.3. The molecule has 140 valence electrons. The Kier molecular flexibility index (Phi) is 5.66. The molecule has 3 aromatic carbocycles. The Morgan fingerprint density at radius 2 is 1.37 bits per heavy atom. The van der Waals surface area contributed by atoms with Crippen molar-refractivity contribution in [1.82, 2.24) is 0 Å². The third-order valence-electron chi connectivity index (χ3n) is 4.15. The van der Waals surface area contributed by atoms with E-state index in [4.69, 9.17) is 9.47 Å². The number of methoxy groups -OCH3 is 2. The van der Waals surface area contributed by atoms with Crippen LogP contribution < -0.4 is 13.8 Å². The molecule has 0 saturated carbocycles. The van der Waals surface area contributed by atoms with Gasteiger partial charge in [0.1, 0.15) is 0 Å². The van der Waals surface area contributed by atoms with E-state index in [2.05, 4.69) is 0 Å². The number of hydrogen-bond donors (Lipinski definition) is 0. The van der Waals surface area contributed by atoms with Crippen LogP contribution >= 0.6 is 0 Å². The first-order valence-corrected chi connectivity index (χ1v) is 9.84. The zero-order valence-electron chi connectivity index (χ0n) is 15.2. The van der Waals surface area contributed by atoms with Crippen LogP contribution in [0.1, 0.15) is 5.56 Å². The summed E-state index contributed by atoms with van der Waals surface area (Å²) in [5, 5.41) is 0. The van der Waals surface area contributed by atoms with Gasteiger partial charge in [-0.15, -0.1) is 0 Å². The molecule has 0 spiro atoms. The summed E-state index contributed by atoms with van der Waals surface area (Å²) in [5.41, 5.74) is 1.38. The smallest absolute Gasteiger partial charge is 0.264 e. The second kappa shape index (κ2) is 8.14. The molecule has 0 heterocycles. The van der Waals surface area contributed by atoms with Crippen LogP contribution in [0.15, 0.2) is 83.8 Å². The van der Waals surface area contributed by atoms with E-state index in [0.29, 0.717) is 17.2 Å². The van der Waals surface area contributed by atoms with Crippen LogP contribution in [0, 0.1) is 0 Å². The topological polar surface area (TPSA) is 55.8 Å². The van der Waals surface area contributed by atoms with Crippen LogP contribution in [-0.4, -0.2) is 22.6 Å². The molecule has 3 rings (SSSR count). The number of benzene rings is 3. The molecule has 0 amide bonds. The summed E-state index contributed by atoms with van der Waals surface area (Å²) in [6, 6.07) is 22.9. The molecule has 0 bridgehead atoms. The lowest BCUT2D eigenvalue weighted by molar-refractivity contribution is 0.354. The number of sulfonamides is 1. The minimum Gasteiger partial charge on any atom is -0.493 e. The van der Waals surface area contributed by atoms with Crippen molar-refractivity contribution in [3.8, 4) is 11.5 Å². The van der Waals surface area contributed by atoms with Crippen molar-refractivity contribution in [3.63, 3.8) is 0 Å². The fourth-order valence-electron chi connectivity index (χ4n) is 2.77. The fourth-order valence-corrected chi connectivity index (χ4v) is 4.25. The minimum atomic E-state index is -3.73. The number of hydrogen-bond acceptors (Lipinski definition) is 4. The maximum atomic E-state index is 13.3. The Hall–Kier alpha value is -2.99. The summed E-state index contributed by atoms with van der Waals surface area (Å²) < 4.78 is 38.6. The molecule has 0 aliphatic rings. The molecule has 0 atom stereocenters. The Balaban J connectivity index is 2.04. The largest absolute Gasteiger partial charge is 0.493 e. The van der Waals surface area contributed by atoms with Gasteiger partial charge in [0.2, 0.25) is 0 Å². The Bertz CT molecular complexity index is 989. The molecule has 0 aliphatic heterocycles. The van der Waals surface area contributed by atoms with Gasteiger partial charge in [-0.2, -0.15) is 0 Å². The molecule has 0 N–H and O–H groups in total. The predicted octanol–water partition coefficient (Wildman–Crippen LogP) is 4.10. The van der Waals surface area contributed by atoms with E-state index < -0.39 is 10.0 Å². The molecular formula is C21H21NO4S. The van der Waals surface area contributed by atoms with Gasteiger partial charge in [-0.3, -0.25) is 4.31 Å². The van der Waals surface area contributed by atoms with Gasteiger partial charge in [0.25, 0.3) is 10.0 Å². The number of anilines is 1. The van der Waals surface area contributed by atoms with Crippen LogP contribution in [0.4, 0.5) is 5.69 Å². The lowest BCUT2D eigenvalue weighted by atomic mass is 10.2. The first-order chi connectivity index (χ1) is 13.1. The van der Waals surface area contributed by atoms with Gasteiger partial charge in [-0.1, -0.05) is 42.5 Å². The SMILES string of the molecule is COc1ccc(CN(c2ccccc2)S(=O)(=O)c2ccccc2)cc1OC. The standard InChI is InChI=1S/C21H21NO4S/c1-25-20-14-13-17(15-21(20)26-2)16-22(18-9-5-3-6-10-18)27(23,24)19-11-7-4-8-12-19/h3-15H,16H2,1-2H3. The van der Waals surface area contributed by atoms with E-state index in [1.807, 2.05) is 24.3 Å². The van der Waals surface area contributed by atoms with E-state index in [1.54, 1.807) is 68.8 Å². The first-order valence-electron chi connectivity index (χ1n) is 8.40. The summed E-state index contributed by atoms with van der Waals surface area (Å²) in [7, 11) is -0.610. The van der Waals surface area contributed by atoms with Crippen LogP contribution in [0.3, 0.4) is 0 Å². The highest BCUT2D eigenvalue weighted by molar-refractivity contribution is 7.92. The first kappa shape index (κ1) is 18.8. The van der Waals surface area contributed by atoms with Gasteiger partial charge in [0.05, 0.1) is 31.3 Å². The van der Waals surface area contributed by atoms with Crippen LogP contribution in [-0.2, 0) is 16.6 Å². The number of nitrogens with zero attached hydrogens (tertiary/aromatic N) is 1. The maximum Gasteiger partial charge on any atom is 0.264 e. The summed E-state index contributed by atoms with van der Waals surface area (Å²) in [4.78, 5) is 0.245. The average Bonchev–Trinajstić information content (AvgIpc) is 2.73. The molecule has 27 heavy (non-hydrogen) atoms. The molecule has 0 saturated heterocycles. The molecule has 0 fully saturated rings. The molecule has 3 aromatic rings. The summed E-state index contributed by atoms with van der Waals surface area (Å²) >= 11 is 0. The van der Waals surface area contributed by atoms with Gasteiger partial charge in [0.15, 0.2) is 11.5 Å². The van der Waals surface area contributed by atoms with Gasteiger partial charge < -0.3 is 9.47 Å². The van der Waals surface area contributed by atoms with Crippen LogP contribution in [0.5, 0.6) is 11.5 Å². The number of rotatable bonds is 7. The molecule has 6 heteroatoms. The number of para-hydroxylation sites is 1. The van der Waals surface area contributed by atoms with Crippen molar-refractivity contribution in [2.45, 2.75) is 11.4 Å². The van der Waals surface area contributed by atoms with Crippen LogP contribution in [0.2, 0.25) is 0 Å². The van der Waals surface area contributed by atoms with Crippen molar-refractivity contribution in [3.05, 3.63) is 84.4 Å². The monoisotopic (exact) mass is 383 g/mol. The molecule has 0 aliphatic carbocycles. The Morgan fingerprint density at radius 3 is 1.96 bits per heavy atom. The van der Waals surface area contributed by atoms with Gasteiger partial charge in [-0.25, -0.2) is 8.42 Å². The zero-order valence-corrected chi connectivity index (χ0v) is 16.0. The molecule has 0 radical (unpaired) electrons. The predicted molar refractivity (Wildman–Crippen MR) is 106 cm³/mol. The highest BCUT2D eigenvalue weighted by Gasteiger charge is 2.25. The van der Waals surface area contributed by atoms with Gasteiger partial charge in [-0.05, 0) is 42.0 Å². The second-order valence-corrected chi connectivity index (χ2v) is 7.71. The van der Waals surface area contributed by atoms with Crippen molar-refractivity contribution in [2.24, 2.45) is 0 Å². The molecule has 0 unspecified atom stereocenters. The number of ether oxygens (including phenoxy) is 2. The van der Waals surface area contributed by atoms with Gasteiger partial charge in [0, 0.05) is 0 Å². The van der Waals surface area contributed by atoms with Crippen LogP contribution in [0.25, 0.3) is 0 Å². The van der Waals surface area contributed by atoms with Gasteiger partial charge >= 0.3 is 0 Å². The van der Waals surface area contributed by atoms with Crippen molar-refractivity contribution in [2.75, 3.05) is 18.5 Å². The fraction of sp³-hybridized carbons (Fsp3) is 0.143. The molecule has 5 nitrogen and oxygen atoms in total. The normalized spacial score (nSPS) is 11.0. The Morgan fingerprint density at radius 1 is 0.778 bits per heavy atom. The highest BCUT2D eigenvalue weighted by atomic mass is 32.2. The van der Waals surface area contributed by atoms with E-state index >= 15 is 0 Å². The zero-order chi connectivity index (χ0) is 19.3. The second-order valence-electron chi connectivity index (χ2n) is 5.85. The lowest BCUT2D eigenvalue weighted by Crippen LogP contribution is -2.30. The summed E-state index contributed by atoms with van der Waals surface area (Å²) in [6.45, 7) is 0.168. The molecule has 0 aromatic heterocycles. The summed E-state index contributed by atoms with van der Waals surface area (Å²) in [5.74, 6) is 1.15. The summed E-state index contributed by atoms with van der Waals surface area (Å²) in [6.07, 6.45) is 0. The quantitative estimate of drug-likeness (QED) is 0.616. The van der Waals surface area contributed by atoms with E-state index in [9.17, 15) is 8.42 Å². The van der Waals surface area contributed by atoms with Crippen molar-refractivity contribution in [1.29, 1.82) is 0 Å². The minimum absolute atomic E-state index is 0.168. The Labute approximate surface area is 159 Å². The third-order valence-corrected chi connectivity index (χ3v) is 5.94. The highest BCUT2D eigenvalue weighted by Crippen LogP contribution is 2.30. The van der Waals surface area contributed by atoms with E-state index in [0.717, 1.165) is 5.56 Å². The molecular weight excluding hydrogens is 362 g/mol. The average molecular weight is 383 g/mol. The third kappa shape index (κ3) is 4.06. The van der Waals surface area contributed by atoms with Crippen molar-refractivity contribution >= 4 is 15.7 Å². The van der Waals surface area contributed by atoms with E-state index in [1.165, 1.54) is 4.31 Å². The lowest BCUT2D eigenvalue weighted by Gasteiger charge is -2.25. The van der Waals surface area contributed by atoms with E-state index in [-0.39, 0.29) is 11.4 Å². The van der Waals surface area contributed by atoms with Crippen molar-refractivity contribution < 1.29 is 17.9 Å².